The SMILES string of the molecule is COCC(=O)OCC(=O)Nc1ccc(Br)cc1Br. The summed E-state index contributed by atoms with van der Waals surface area (Å²) in [6.07, 6.45) is 0. The second kappa shape index (κ2) is 7.50. The van der Waals surface area contributed by atoms with Gasteiger partial charge in [0.25, 0.3) is 5.91 Å². The maximum absolute atomic E-state index is 11.5. The average molecular weight is 381 g/mol. The number of hydrogen-bond acceptors (Lipinski definition) is 4. The van der Waals surface area contributed by atoms with Crippen molar-refractivity contribution < 1.29 is 19.1 Å². The number of benzene rings is 1. The summed E-state index contributed by atoms with van der Waals surface area (Å²) < 4.78 is 10.9. The Morgan fingerprint density at radius 2 is 2.00 bits per heavy atom. The maximum atomic E-state index is 11.5. The lowest BCUT2D eigenvalue weighted by Crippen LogP contribution is -2.22. The molecular formula is C11H11Br2NO4. The van der Waals surface area contributed by atoms with Crippen LogP contribution in [0.2, 0.25) is 0 Å². The fraction of sp³-hybridized carbons (Fsp3) is 0.273. The number of ether oxygens (including phenoxy) is 2. The van der Waals surface area contributed by atoms with Crippen LogP contribution in [-0.2, 0) is 19.1 Å². The van der Waals surface area contributed by atoms with Crippen LogP contribution >= 0.6 is 31.9 Å². The van der Waals surface area contributed by atoms with E-state index in [-0.39, 0.29) is 13.2 Å². The molecule has 0 radical (unpaired) electrons. The number of rotatable bonds is 5. The molecule has 0 aliphatic heterocycles. The standard InChI is InChI=1S/C11H11Br2NO4/c1-17-6-11(16)18-5-10(15)14-9-3-2-7(12)4-8(9)13/h2-4H,5-6H2,1H3,(H,14,15). The Labute approximate surface area is 121 Å². The summed E-state index contributed by atoms with van der Waals surface area (Å²) in [4.78, 5) is 22.5. The zero-order valence-electron chi connectivity index (χ0n) is 9.54. The monoisotopic (exact) mass is 379 g/mol. The van der Waals surface area contributed by atoms with Crippen molar-refractivity contribution in [3.63, 3.8) is 0 Å². The largest absolute Gasteiger partial charge is 0.454 e. The highest BCUT2D eigenvalue weighted by molar-refractivity contribution is 9.11. The molecule has 1 aromatic carbocycles. The first-order chi connectivity index (χ1) is 8.52. The van der Waals surface area contributed by atoms with E-state index < -0.39 is 11.9 Å². The number of halogens is 2. The fourth-order valence-corrected chi connectivity index (χ4v) is 2.23. The van der Waals surface area contributed by atoms with Gasteiger partial charge >= 0.3 is 5.97 Å². The van der Waals surface area contributed by atoms with Crippen LogP contribution in [-0.4, -0.2) is 32.2 Å². The number of methoxy groups -OCH3 is 1. The molecule has 0 fully saturated rings. The number of amides is 1. The highest BCUT2D eigenvalue weighted by atomic mass is 79.9. The number of nitrogens with one attached hydrogen (secondary N) is 1. The van der Waals surface area contributed by atoms with E-state index in [2.05, 4.69) is 46.7 Å². The predicted octanol–water partition coefficient (Wildman–Crippen LogP) is 2.34. The minimum atomic E-state index is -0.581. The van der Waals surface area contributed by atoms with Gasteiger partial charge in [0.1, 0.15) is 6.61 Å². The molecule has 0 aliphatic rings. The average Bonchev–Trinajstić information content (AvgIpc) is 2.31. The summed E-state index contributed by atoms with van der Waals surface area (Å²) >= 11 is 6.61. The smallest absolute Gasteiger partial charge is 0.332 e. The summed E-state index contributed by atoms with van der Waals surface area (Å²) in [5, 5.41) is 2.61. The van der Waals surface area contributed by atoms with Crippen LogP contribution in [0.4, 0.5) is 5.69 Å². The van der Waals surface area contributed by atoms with E-state index in [0.717, 1.165) is 8.95 Å². The highest BCUT2D eigenvalue weighted by Gasteiger charge is 2.09. The molecule has 7 heteroatoms. The van der Waals surface area contributed by atoms with Crippen LogP contribution in [0, 0.1) is 0 Å². The Bertz CT molecular complexity index is 451. The number of anilines is 1. The molecule has 0 spiro atoms. The van der Waals surface area contributed by atoms with Gasteiger partial charge in [-0.3, -0.25) is 4.79 Å². The van der Waals surface area contributed by atoms with Gasteiger partial charge in [-0.05, 0) is 34.1 Å². The van der Waals surface area contributed by atoms with Gasteiger partial charge in [0.15, 0.2) is 6.61 Å². The molecular weight excluding hydrogens is 370 g/mol. The van der Waals surface area contributed by atoms with Crippen LogP contribution in [0.1, 0.15) is 0 Å². The third-order valence-corrected chi connectivity index (χ3v) is 2.98. The molecule has 5 nitrogen and oxygen atoms in total. The lowest BCUT2D eigenvalue weighted by molar-refractivity contribution is -0.150. The Balaban J connectivity index is 2.47. The van der Waals surface area contributed by atoms with Crippen molar-refractivity contribution in [2.75, 3.05) is 25.6 Å². The molecule has 0 saturated carbocycles. The van der Waals surface area contributed by atoms with Gasteiger partial charge in [0, 0.05) is 16.1 Å². The van der Waals surface area contributed by atoms with Gasteiger partial charge in [0.05, 0.1) is 5.69 Å². The number of carbonyl (C=O) groups is 2. The Hall–Kier alpha value is -0.920. The Kier molecular flexibility index (Phi) is 6.31. The molecule has 0 aromatic heterocycles. The molecule has 0 aliphatic carbocycles. The van der Waals surface area contributed by atoms with Crippen molar-refractivity contribution in [1.29, 1.82) is 0 Å². The van der Waals surface area contributed by atoms with Crippen LogP contribution < -0.4 is 5.32 Å². The molecule has 1 N–H and O–H groups in total. The van der Waals surface area contributed by atoms with E-state index in [0.29, 0.717) is 5.69 Å². The van der Waals surface area contributed by atoms with Gasteiger partial charge in [-0.25, -0.2) is 4.79 Å². The topological polar surface area (TPSA) is 64.6 Å². The van der Waals surface area contributed by atoms with E-state index in [1.165, 1.54) is 7.11 Å². The first kappa shape index (κ1) is 15.1. The second-order valence-electron chi connectivity index (χ2n) is 3.27. The minimum Gasteiger partial charge on any atom is -0.454 e. The molecule has 18 heavy (non-hydrogen) atoms. The zero-order valence-corrected chi connectivity index (χ0v) is 12.7. The molecule has 0 atom stereocenters. The summed E-state index contributed by atoms with van der Waals surface area (Å²) in [7, 11) is 1.38. The van der Waals surface area contributed by atoms with Crippen LogP contribution in [0.3, 0.4) is 0 Å². The lowest BCUT2D eigenvalue weighted by Gasteiger charge is -2.08. The summed E-state index contributed by atoms with van der Waals surface area (Å²) in [6, 6.07) is 5.31. The third kappa shape index (κ3) is 5.16. The van der Waals surface area contributed by atoms with Gasteiger partial charge < -0.3 is 14.8 Å². The highest BCUT2D eigenvalue weighted by Crippen LogP contribution is 2.25. The van der Waals surface area contributed by atoms with E-state index in [1.54, 1.807) is 18.2 Å². The first-order valence-electron chi connectivity index (χ1n) is 4.92. The van der Waals surface area contributed by atoms with E-state index in [9.17, 15) is 9.59 Å². The summed E-state index contributed by atoms with van der Waals surface area (Å²) in [5.74, 6) is -0.995. The first-order valence-corrected chi connectivity index (χ1v) is 6.51. The van der Waals surface area contributed by atoms with Crippen LogP contribution in [0.25, 0.3) is 0 Å². The molecule has 0 bridgehead atoms. The maximum Gasteiger partial charge on any atom is 0.332 e. The molecule has 98 valence electrons. The van der Waals surface area contributed by atoms with Gasteiger partial charge in [0.2, 0.25) is 0 Å². The fourth-order valence-electron chi connectivity index (χ4n) is 1.08. The van der Waals surface area contributed by atoms with Crippen LogP contribution in [0.5, 0.6) is 0 Å². The molecule has 0 saturated heterocycles. The number of esters is 1. The van der Waals surface area contributed by atoms with Crippen molar-refractivity contribution in [2.24, 2.45) is 0 Å². The predicted molar refractivity (Wildman–Crippen MR) is 73.3 cm³/mol. The van der Waals surface area contributed by atoms with E-state index >= 15 is 0 Å². The zero-order chi connectivity index (χ0) is 13.5. The van der Waals surface area contributed by atoms with Gasteiger partial charge in [-0.2, -0.15) is 0 Å². The normalized spacial score (nSPS) is 9.94. The van der Waals surface area contributed by atoms with Crippen LogP contribution in [0.15, 0.2) is 27.1 Å². The van der Waals surface area contributed by atoms with Crippen molar-refractivity contribution >= 4 is 49.4 Å². The van der Waals surface area contributed by atoms with Crippen molar-refractivity contribution in [1.82, 2.24) is 0 Å². The number of carbonyl (C=O) groups excluding carboxylic acids is 2. The van der Waals surface area contributed by atoms with Gasteiger partial charge in [-0.1, -0.05) is 15.9 Å². The van der Waals surface area contributed by atoms with E-state index in [4.69, 9.17) is 0 Å². The Morgan fingerprint density at radius 1 is 1.28 bits per heavy atom. The quantitative estimate of drug-likeness (QED) is 0.796. The lowest BCUT2D eigenvalue weighted by atomic mass is 10.3. The van der Waals surface area contributed by atoms with Crippen molar-refractivity contribution in [3.05, 3.63) is 27.1 Å². The number of hydrogen-bond donors (Lipinski definition) is 1. The van der Waals surface area contributed by atoms with Crippen molar-refractivity contribution in [3.8, 4) is 0 Å². The second-order valence-corrected chi connectivity index (χ2v) is 5.04. The summed E-state index contributed by atoms with van der Waals surface area (Å²) in [5.41, 5.74) is 0.603. The van der Waals surface area contributed by atoms with Crippen molar-refractivity contribution in [2.45, 2.75) is 0 Å². The van der Waals surface area contributed by atoms with E-state index in [1.807, 2.05) is 0 Å². The molecule has 0 unspecified atom stereocenters. The summed E-state index contributed by atoms with van der Waals surface area (Å²) in [6.45, 7) is -0.514. The molecule has 1 rings (SSSR count). The molecule has 1 aromatic rings. The van der Waals surface area contributed by atoms with Gasteiger partial charge in [-0.15, -0.1) is 0 Å². The third-order valence-electron chi connectivity index (χ3n) is 1.83. The minimum absolute atomic E-state index is 0.171. The Morgan fingerprint density at radius 3 is 2.61 bits per heavy atom. The molecule has 0 heterocycles. The molecule has 1 amide bonds.